The molecule has 1 aromatic rings. The molecule has 0 aliphatic heterocycles. The lowest BCUT2D eigenvalue weighted by atomic mass is 10.3. The third-order valence-corrected chi connectivity index (χ3v) is 2.07. The van der Waals surface area contributed by atoms with Crippen molar-refractivity contribution in [2.75, 3.05) is 13.2 Å². The van der Waals surface area contributed by atoms with Gasteiger partial charge < -0.3 is 9.47 Å². The summed E-state index contributed by atoms with van der Waals surface area (Å²) in [6.07, 6.45) is -0.133. The highest BCUT2D eigenvalue weighted by Gasteiger charge is 2.19. The lowest BCUT2D eigenvalue weighted by Gasteiger charge is -2.07. The molecule has 0 aliphatic carbocycles. The molecule has 0 unspecified atom stereocenters. The lowest BCUT2D eigenvalue weighted by Crippen LogP contribution is -2.10. The normalized spacial score (nSPS) is 10.1. The van der Waals surface area contributed by atoms with Crippen molar-refractivity contribution in [1.82, 2.24) is 0 Å². The molecule has 6 nitrogen and oxygen atoms in total. The predicted molar refractivity (Wildman–Crippen MR) is 59.8 cm³/mol. The zero-order valence-electron chi connectivity index (χ0n) is 10.0. The number of nitro groups is 1. The second-order valence-electron chi connectivity index (χ2n) is 3.39. The maximum atomic E-state index is 13.4. The fourth-order valence-corrected chi connectivity index (χ4v) is 1.25. The summed E-state index contributed by atoms with van der Waals surface area (Å²) in [6.45, 7) is 1.62. The summed E-state index contributed by atoms with van der Waals surface area (Å²) in [4.78, 5) is 20.3. The van der Waals surface area contributed by atoms with E-state index < -0.39 is 34.0 Å². The van der Waals surface area contributed by atoms with Crippen molar-refractivity contribution in [2.24, 2.45) is 0 Å². The number of carbonyl (C=O) groups is 1. The molecule has 0 amide bonds. The van der Waals surface area contributed by atoms with E-state index in [9.17, 15) is 23.7 Å². The Morgan fingerprint density at radius 2 is 2.05 bits per heavy atom. The zero-order chi connectivity index (χ0) is 14.4. The van der Waals surface area contributed by atoms with E-state index in [0.717, 1.165) is 0 Å². The van der Waals surface area contributed by atoms with Gasteiger partial charge in [0.1, 0.15) is 0 Å². The first-order valence-corrected chi connectivity index (χ1v) is 5.37. The van der Waals surface area contributed by atoms with Crippen LogP contribution in [0.25, 0.3) is 0 Å². The van der Waals surface area contributed by atoms with Crippen molar-refractivity contribution in [3.8, 4) is 5.75 Å². The van der Waals surface area contributed by atoms with E-state index in [1.165, 1.54) is 0 Å². The van der Waals surface area contributed by atoms with E-state index in [2.05, 4.69) is 4.74 Å². The van der Waals surface area contributed by atoms with E-state index in [-0.39, 0.29) is 19.6 Å². The molecule has 0 aromatic heterocycles. The Morgan fingerprint density at radius 1 is 1.37 bits per heavy atom. The highest BCUT2D eigenvalue weighted by molar-refractivity contribution is 5.69. The molecule has 8 heteroatoms. The molecule has 0 N–H and O–H groups in total. The van der Waals surface area contributed by atoms with Crippen LogP contribution in [0.5, 0.6) is 5.75 Å². The van der Waals surface area contributed by atoms with E-state index >= 15 is 0 Å². The molecule has 0 radical (unpaired) electrons. The van der Waals surface area contributed by atoms with Crippen molar-refractivity contribution in [3.63, 3.8) is 0 Å². The minimum Gasteiger partial charge on any atom is -0.490 e. The maximum absolute atomic E-state index is 13.4. The third-order valence-electron chi connectivity index (χ3n) is 2.07. The Morgan fingerprint density at radius 3 is 2.63 bits per heavy atom. The first-order chi connectivity index (χ1) is 8.95. The Kier molecular flexibility index (Phi) is 5.16. The molecular formula is C11H11F2NO5. The summed E-state index contributed by atoms with van der Waals surface area (Å²) in [5.74, 6) is -3.31. The van der Waals surface area contributed by atoms with Gasteiger partial charge in [-0.25, -0.2) is 4.39 Å². The Hall–Kier alpha value is -2.25. The number of benzene rings is 1. The fraction of sp³-hybridized carbons (Fsp3) is 0.364. The lowest BCUT2D eigenvalue weighted by molar-refractivity contribution is -0.387. The second-order valence-corrected chi connectivity index (χ2v) is 3.39. The Bertz CT molecular complexity index is 492. The largest absolute Gasteiger partial charge is 0.490 e. The SMILES string of the molecule is CCOC(=O)CCOc1cc(F)c([N+](=O)[O-])cc1F. The smallest absolute Gasteiger partial charge is 0.309 e. The van der Waals surface area contributed by atoms with Crippen LogP contribution in [0.2, 0.25) is 0 Å². The summed E-state index contributed by atoms with van der Waals surface area (Å²) in [5, 5.41) is 10.4. The van der Waals surface area contributed by atoms with E-state index in [0.29, 0.717) is 12.1 Å². The van der Waals surface area contributed by atoms with E-state index in [4.69, 9.17) is 4.74 Å². The van der Waals surface area contributed by atoms with Crippen molar-refractivity contribution < 1.29 is 28.0 Å². The molecule has 104 valence electrons. The summed E-state index contributed by atoms with van der Waals surface area (Å²) in [7, 11) is 0. The molecule has 0 fully saturated rings. The van der Waals surface area contributed by atoms with Gasteiger partial charge in [0.25, 0.3) is 0 Å². The minimum atomic E-state index is -1.21. The van der Waals surface area contributed by atoms with Gasteiger partial charge in [-0.3, -0.25) is 14.9 Å². The summed E-state index contributed by atoms with van der Waals surface area (Å²) in [5.41, 5.74) is -0.977. The highest BCUT2D eigenvalue weighted by atomic mass is 19.1. The number of rotatable bonds is 6. The van der Waals surface area contributed by atoms with E-state index in [1.54, 1.807) is 6.92 Å². The quantitative estimate of drug-likeness (QED) is 0.452. The first kappa shape index (κ1) is 14.8. The standard InChI is InChI=1S/C11H11F2NO5/c1-2-18-11(15)3-4-19-10-6-7(12)9(14(16)17)5-8(10)13/h5-6H,2-4H2,1H3. The van der Waals surface area contributed by atoms with Crippen molar-refractivity contribution in [2.45, 2.75) is 13.3 Å². The molecule has 0 heterocycles. The molecular weight excluding hydrogens is 264 g/mol. The Balaban J connectivity index is 2.67. The summed E-state index contributed by atoms with van der Waals surface area (Å²) >= 11 is 0. The number of nitro benzene ring substituents is 1. The number of nitrogens with zero attached hydrogens (tertiary/aromatic N) is 1. The van der Waals surface area contributed by atoms with Crippen LogP contribution in [0.4, 0.5) is 14.5 Å². The van der Waals surface area contributed by atoms with Gasteiger partial charge in [0, 0.05) is 6.07 Å². The average molecular weight is 275 g/mol. The van der Waals surface area contributed by atoms with Crippen molar-refractivity contribution >= 4 is 11.7 Å². The van der Waals surface area contributed by atoms with Crippen LogP contribution in [0, 0.1) is 21.7 Å². The molecule has 1 aromatic carbocycles. The number of esters is 1. The highest BCUT2D eigenvalue weighted by Crippen LogP contribution is 2.26. The van der Waals surface area contributed by atoms with Gasteiger partial charge in [-0.15, -0.1) is 0 Å². The predicted octanol–water partition coefficient (Wildman–Crippen LogP) is 2.21. The van der Waals surface area contributed by atoms with Crippen molar-refractivity contribution in [3.05, 3.63) is 33.9 Å². The van der Waals surface area contributed by atoms with Gasteiger partial charge in [-0.05, 0) is 6.92 Å². The van der Waals surface area contributed by atoms with E-state index in [1.807, 2.05) is 0 Å². The van der Waals surface area contributed by atoms with Crippen LogP contribution < -0.4 is 4.74 Å². The van der Waals surface area contributed by atoms with Gasteiger partial charge >= 0.3 is 11.7 Å². The number of hydrogen-bond acceptors (Lipinski definition) is 5. The second kappa shape index (κ2) is 6.62. The summed E-state index contributed by atoms with van der Waals surface area (Å²) < 4.78 is 36.0. The molecule has 0 atom stereocenters. The monoisotopic (exact) mass is 275 g/mol. The number of hydrogen-bond donors (Lipinski definition) is 0. The molecule has 1 rings (SSSR count). The molecule has 0 bridgehead atoms. The number of carbonyl (C=O) groups excluding carboxylic acids is 1. The van der Waals surface area contributed by atoms with Gasteiger partial charge in [0.05, 0.1) is 30.6 Å². The van der Waals surface area contributed by atoms with Gasteiger partial charge in [-0.2, -0.15) is 4.39 Å². The fourth-order valence-electron chi connectivity index (χ4n) is 1.25. The minimum absolute atomic E-state index is 0.133. The van der Waals surface area contributed by atoms with Crippen LogP contribution in [0.3, 0.4) is 0 Å². The van der Waals surface area contributed by atoms with Crippen LogP contribution in [0.1, 0.15) is 13.3 Å². The molecule has 19 heavy (non-hydrogen) atoms. The maximum Gasteiger partial charge on any atom is 0.309 e. The molecule has 0 saturated heterocycles. The number of halogens is 2. The van der Waals surface area contributed by atoms with Crippen LogP contribution in [0.15, 0.2) is 12.1 Å². The third kappa shape index (κ3) is 4.16. The molecule has 0 aliphatic rings. The summed E-state index contributed by atoms with van der Waals surface area (Å²) in [6, 6.07) is 0.994. The zero-order valence-corrected chi connectivity index (χ0v) is 10.0. The van der Waals surface area contributed by atoms with Gasteiger partial charge in [-0.1, -0.05) is 0 Å². The van der Waals surface area contributed by atoms with Crippen molar-refractivity contribution in [1.29, 1.82) is 0 Å². The van der Waals surface area contributed by atoms with Crippen LogP contribution in [-0.4, -0.2) is 24.1 Å². The van der Waals surface area contributed by atoms with Crippen LogP contribution in [-0.2, 0) is 9.53 Å². The first-order valence-electron chi connectivity index (χ1n) is 5.37. The topological polar surface area (TPSA) is 78.7 Å². The Labute approximate surface area is 107 Å². The van der Waals surface area contributed by atoms with Gasteiger partial charge in [0.2, 0.25) is 5.82 Å². The van der Waals surface area contributed by atoms with Crippen LogP contribution >= 0.6 is 0 Å². The average Bonchev–Trinajstić information content (AvgIpc) is 2.33. The number of ether oxygens (including phenoxy) is 2. The molecule has 0 spiro atoms. The van der Waals surface area contributed by atoms with Gasteiger partial charge in [0.15, 0.2) is 11.6 Å². The molecule has 0 saturated carbocycles.